The van der Waals surface area contributed by atoms with E-state index in [4.69, 9.17) is 5.73 Å². The van der Waals surface area contributed by atoms with E-state index in [1.165, 1.54) is 16.2 Å². The van der Waals surface area contributed by atoms with Crippen molar-refractivity contribution in [3.63, 3.8) is 0 Å². The maximum atomic E-state index is 11.5. The van der Waals surface area contributed by atoms with E-state index >= 15 is 0 Å². The van der Waals surface area contributed by atoms with Crippen molar-refractivity contribution in [3.8, 4) is 0 Å². The Balaban J connectivity index is 2.32. The van der Waals surface area contributed by atoms with Crippen LogP contribution in [0.4, 0.5) is 4.79 Å². The smallest absolute Gasteiger partial charge is 0.346 e. The van der Waals surface area contributed by atoms with Crippen LogP contribution in [0.25, 0.3) is 0 Å². The first-order valence-corrected chi connectivity index (χ1v) is 5.32. The molecule has 1 unspecified atom stereocenters. The van der Waals surface area contributed by atoms with Gasteiger partial charge in [0.15, 0.2) is 0 Å². The normalized spacial score (nSPS) is 20.5. The molecule has 0 radical (unpaired) electrons. The zero-order valence-electron chi connectivity index (χ0n) is 7.96. The zero-order chi connectivity index (χ0) is 10.8. The van der Waals surface area contributed by atoms with Crippen molar-refractivity contribution in [2.45, 2.75) is 6.04 Å². The summed E-state index contributed by atoms with van der Waals surface area (Å²) in [6, 6.07) is -0.660. The molecule has 78 valence electrons. The predicted octanol–water partition coefficient (Wildman–Crippen LogP) is 1.16. The van der Waals surface area contributed by atoms with Crippen molar-refractivity contribution in [2.75, 3.05) is 6.54 Å². The lowest BCUT2D eigenvalue weighted by Crippen LogP contribution is -2.33. The van der Waals surface area contributed by atoms with Crippen LogP contribution in [0.15, 0.2) is 28.5 Å². The third-order valence-electron chi connectivity index (χ3n) is 2.12. The molecule has 1 aliphatic rings. The lowest BCUT2D eigenvalue weighted by atomic mass is 10.2. The first kappa shape index (κ1) is 9.85. The number of thiazole rings is 1. The molecule has 0 aromatic carbocycles. The molecule has 0 saturated carbocycles. The molecule has 2 amide bonds. The van der Waals surface area contributed by atoms with Crippen molar-refractivity contribution < 1.29 is 4.79 Å². The first-order valence-electron chi connectivity index (χ1n) is 4.37. The Morgan fingerprint density at radius 1 is 1.73 bits per heavy atom. The molecule has 0 aliphatic carbocycles. The van der Waals surface area contributed by atoms with E-state index in [9.17, 15) is 4.79 Å². The molecule has 0 spiro atoms. The number of amides is 2. The number of carbonyl (C=O) groups is 1. The van der Waals surface area contributed by atoms with Gasteiger partial charge in [-0.3, -0.25) is 0 Å². The SMILES string of the molecule is C=CCN1C(=O)N=C(N)C1c1cscn1. The Morgan fingerprint density at radius 2 is 2.53 bits per heavy atom. The Morgan fingerprint density at radius 3 is 3.13 bits per heavy atom. The molecule has 0 fully saturated rings. The molecule has 2 heterocycles. The van der Waals surface area contributed by atoms with Gasteiger partial charge in [0.2, 0.25) is 0 Å². The van der Waals surface area contributed by atoms with Crippen molar-refractivity contribution in [1.82, 2.24) is 9.88 Å². The Labute approximate surface area is 90.9 Å². The third kappa shape index (κ3) is 1.63. The fourth-order valence-electron chi connectivity index (χ4n) is 1.50. The summed E-state index contributed by atoms with van der Waals surface area (Å²) in [5, 5.41) is 1.86. The molecule has 1 atom stereocenters. The highest BCUT2D eigenvalue weighted by Gasteiger charge is 2.34. The first-order chi connectivity index (χ1) is 7.24. The van der Waals surface area contributed by atoms with Crippen LogP contribution in [0.3, 0.4) is 0 Å². The van der Waals surface area contributed by atoms with Crippen LogP contribution in [-0.4, -0.2) is 28.3 Å². The Bertz CT molecular complexity index is 412. The lowest BCUT2D eigenvalue weighted by Gasteiger charge is -2.20. The van der Waals surface area contributed by atoms with Crippen LogP contribution >= 0.6 is 11.3 Å². The van der Waals surface area contributed by atoms with E-state index in [-0.39, 0.29) is 12.1 Å². The number of amidine groups is 1. The summed E-state index contributed by atoms with van der Waals surface area (Å²) in [7, 11) is 0. The minimum Gasteiger partial charge on any atom is -0.385 e. The fraction of sp³-hybridized carbons (Fsp3) is 0.222. The molecule has 0 bridgehead atoms. The Kier molecular flexibility index (Phi) is 2.51. The summed E-state index contributed by atoms with van der Waals surface area (Å²) in [4.78, 5) is 20.9. The van der Waals surface area contributed by atoms with Gasteiger partial charge in [-0.05, 0) is 0 Å². The number of urea groups is 1. The lowest BCUT2D eigenvalue weighted by molar-refractivity contribution is 0.212. The van der Waals surface area contributed by atoms with Crippen LogP contribution < -0.4 is 5.73 Å². The molecule has 1 aromatic heterocycles. The number of aliphatic imine (C=N–C) groups is 1. The van der Waals surface area contributed by atoms with Crippen LogP contribution in [0.1, 0.15) is 11.7 Å². The molecule has 0 saturated heterocycles. The van der Waals surface area contributed by atoms with E-state index in [1.54, 1.807) is 11.6 Å². The highest BCUT2D eigenvalue weighted by Crippen LogP contribution is 2.26. The number of rotatable bonds is 3. The van der Waals surface area contributed by atoms with Gasteiger partial charge in [0.1, 0.15) is 11.9 Å². The van der Waals surface area contributed by atoms with E-state index < -0.39 is 0 Å². The molecule has 5 nitrogen and oxygen atoms in total. The molecule has 2 rings (SSSR count). The second-order valence-electron chi connectivity index (χ2n) is 3.08. The van der Waals surface area contributed by atoms with Gasteiger partial charge >= 0.3 is 6.03 Å². The molecule has 2 N–H and O–H groups in total. The zero-order valence-corrected chi connectivity index (χ0v) is 8.78. The molecule has 1 aromatic rings. The van der Waals surface area contributed by atoms with Gasteiger partial charge in [-0.1, -0.05) is 6.08 Å². The van der Waals surface area contributed by atoms with E-state index in [2.05, 4.69) is 16.6 Å². The van der Waals surface area contributed by atoms with Crippen LogP contribution in [0, 0.1) is 0 Å². The van der Waals surface area contributed by atoms with Gasteiger partial charge < -0.3 is 10.6 Å². The largest absolute Gasteiger partial charge is 0.385 e. The van der Waals surface area contributed by atoms with Crippen molar-refractivity contribution in [2.24, 2.45) is 10.7 Å². The number of hydrogen-bond acceptors (Lipinski definition) is 4. The van der Waals surface area contributed by atoms with Crippen molar-refractivity contribution in [1.29, 1.82) is 0 Å². The summed E-state index contributed by atoms with van der Waals surface area (Å²) in [5.41, 5.74) is 8.16. The van der Waals surface area contributed by atoms with E-state index in [0.717, 1.165) is 5.69 Å². The molecular formula is C9H10N4OS. The summed E-state index contributed by atoms with van der Waals surface area (Å²) >= 11 is 1.46. The van der Waals surface area contributed by atoms with Crippen LogP contribution in [0.2, 0.25) is 0 Å². The molecule has 15 heavy (non-hydrogen) atoms. The topological polar surface area (TPSA) is 71.6 Å². The molecule has 1 aliphatic heterocycles. The van der Waals surface area contributed by atoms with Gasteiger partial charge in [-0.2, -0.15) is 4.99 Å². The van der Waals surface area contributed by atoms with Crippen molar-refractivity contribution in [3.05, 3.63) is 29.2 Å². The average Bonchev–Trinajstić information content (AvgIpc) is 2.77. The fourth-order valence-corrected chi connectivity index (χ4v) is 2.07. The van der Waals surface area contributed by atoms with E-state index in [0.29, 0.717) is 12.4 Å². The van der Waals surface area contributed by atoms with Gasteiger partial charge in [0, 0.05) is 11.9 Å². The van der Waals surface area contributed by atoms with Gasteiger partial charge in [-0.15, -0.1) is 17.9 Å². The van der Waals surface area contributed by atoms with Crippen molar-refractivity contribution >= 4 is 23.2 Å². The van der Waals surface area contributed by atoms with Gasteiger partial charge in [-0.25, -0.2) is 9.78 Å². The predicted molar refractivity (Wildman–Crippen MR) is 58.8 cm³/mol. The number of hydrogen-bond donors (Lipinski definition) is 1. The average molecular weight is 222 g/mol. The maximum absolute atomic E-state index is 11.5. The minimum atomic E-state index is -0.332. The third-order valence-corrected chi connectivity index (χ3v) is 2.72. The van der Waals surface area contributed by atoms with E-state index in [1.807, 2.05) is 5.38 Å². The number of nitrogens with two attached hydrogens (primary N) is 1. The van der Waals surface area contributed by atoms with Gasteiger partial charge in [0.25, 0.3) is 0 Å². The van der Waals surface area contributed by atoms with Crippen LogP contribution in [-0.2, 0) is 0 Å². The highest BCUT2D eigenvalue weighted by atomic mass is 32.1. The Hall–Kier alpha value is -1.69. The second-order valence-corrected chi connectivity index (χ2v) is 3.79. The molecular weight excluding hydrogens is 212 g/mol. The summed E-state index contributed by atoms with van der Waals surface area (Å²) < 4.78 is 0. The summed E-state index contributed by atoms with van der Waals surface area (Å²) in [6.07, 6.45) is 1.64. The molecule has 6 heteroatoms. The maximum Gasteiger partial charge on any atom is 0.346 e. The number of carbonyl (C=O) groups excluding carboxylic acids is 1. The number of aromatic nitrogens is 1. The minimum absolute atomic E-state index is 0.299. The highest BCUT2D eigenvalue weighted by molar-refractivity contribution is 7.07. The quantitative estimate of drug-likeness (QED) is 0.780. The van der Waals surface area contributed by atoms with Crippen LogP contribution in [0.5, 0.6) is 0 Å². The summed E-state index contributed by atoms with van der Waals surface area (Å²) in [5.74, 6) is 0.299. The second kappa shape index (κ2) is 3.82. The monoisotopic (exact) mass is 222 g/mol. The standard InChI is InChI=1S/C9H10N4OS/c1-2-3-13-7(6-4-15-5-11-6)8(10)12-9(13)14/h2,4-5,7H,1,3H2,(H2,10,12,14). The van der Waals surface area contributed by atoms with Gasteiger partial charge in [0.05, 0.1) is 11.2 Å². The number of nitrogens with zero attached hydrogens (tertiary/aromatic N) is 3. The summed E-state index contributed by atoms with van der Waals surface area (Å²) in [6.45, 7) is 4.02.